The van der Waals surface area contributed by atoms with Crippen LogP contribution in [0.15, 0.2) is 41.2 Å². The number of aliphatic carboxylic acids is 1. The van der Waals surface area contributed by atoms with Crippen LogP contribution in [0.5, 0.6) is 11.6 Å². The molecule has 0 aliphatic carbocycles. The van der Waals surface area contributed by atoms with Gasteiger partial charge in [0.2, 0.25) is 5.88 Å². The van der Waals surface area contributed by atoms with E-state index in [0.717, 1.165) is 27.7 Å². The highest BCUT2D eigenvalue weighted by Gasteiger charge is 2.08. The summed E-state index contributed by atoms with van der Waals surface area (Å²) < 4.78 is 5.58. The van der Waals surface area contributed by atoms with Gasteiger partial charge in [0.15, 0.2) is 0 Å². The van der Waals surface area contributed by atoms with Crippen LogP contribution in [0.4, 0.5) is 0 Å². The molecule has 0 bridgehead atoms. The number of hydrogen-bond acceptors (Lipinski definition) is 5. The van der Waals surface area contributed by atoms with Gasteiger partial charge in [0.25, 0.3) is 0 Å². The lowest BCUT2D eigenvalue weighted by Crippen LogP contribution is -2.01. The Labute approximate surface area is 147 Å². The molecule has 3 N–H and O–H groups in total. The Morgan fingerprint density at radius 1 is 1.16 bits per heavy atom. The van der Waals surface area contributed by atoms with Crippen LogP contribution in [-0.4, -0.2) is 27.8 Å². The molecule has 6 nitrogen and oxygen atoms in total. The molecular formula is C18H17NO5S. The molecule has 130 valence electrons. The molecule has 0 spiro atoms. The molecule has 1 aromatic heterocycles. The molecule has 7 heteroatoms. The van der Waals surface area contributed by atoms with Crippen LogP contribution in [0, 0.1) is 0 Å². The third kappa shape index (κ3) is 4.39. The van der Waals surface area contributed by atoms with E-state index in [9.17, 15) is 14.7 Å². The summed E-state index contributed by atoms with van der Waals surface area (Å²) in [7, 11) is 0. The number of aromatic amines is 1. The largest absolute Gasteiger partial charge is 0.494 e. The zero-order chi connectivity index (χ0) is 17.8. The molecule has 1 heterocycles. The molecular weight excluding hydrogens is 342 g/mol. The van der Waals surface area contributed by atoms with Crippen molar-refractivity contribution >= 4 is 28.1 Å². The Kier molecular flexibility index (Phi) is 5.04. The van der Waals surface area contributed by atoms with E-state index in [4.69, 9.17) is 9.84 Å². The van der Waals surface area contributed by atoms with Gasteiger partial charge in [-0.1, -0.05) is 35.6 Å². The molecule has 0 atom stereocenters. The van der Waals surface area contributed by atoms with E-state index in [1.165, 1.54) is 0 Å². The van der Waals surface area contributed by atoms with Crippen LogP contribution >= 0.6 is 11.3 Å². The van der Waals surface area contributed by atoms with Gasteiger partial charge in [0, 0.05) is 12.8 Å². The number of aromatic nitrogens is 1. The number of benzene rings is 2. The van der Waals surface area contributed by atoms with Crippen LogP contribution < -0.4 is 9.61 Å². The average Bonchev–Trinajstić information content (AvgIpc) is 2.89. The van der Waals surface area contributed by atoms with Crippen molar-refractivity contribution in [3.63, 3.8) is 0 Å². The zero-order valence-electron chi connectivity index (χ0n) is 13.3. The van der Waals surface area contributed by atoms with Gasteiger partial charge in [-0.05, 0) is 34.9 Å². The normalized spacial score (nSPS) is 10.9. The second kappa shape index (κ2) is 7.40. The maximum absolute atomic E-state index is 11.3. The summed E-state index contributed by atoms with van der Waals surface area (Å²) in [6.07, 6.45) is 1.04. The van der Waals surface area contributed by atoms with Gasteiger partial charge in [-0.25, -0.2) is 0 Å². The van der Waals surface area contributed by atoms with Crippen LogP contribution in [-0.2, 0) is 11.2 Å². The van der Waals surface area contributed by atoms with E-state index in [-0.39, 0.29) is 17.2 Å². The molecule has 0 fully saturated rings. The third-order valence-corrected chi connectivity index (χ3v) is 4.62. The molecule has 0 aliphatic rings. The van der Waals surface area contributed by atoms with Gasteiger partial charge >= 0.3 is 10.8 Å². The molecule has 0 amide bonds. The van der Waals surface area contributed by atoms with Crippen LogP contribution in [0.1, 0.15) is 23.3 Å². The zero-order valence-corrected chi connectivity index (χ0v) is 14.1. The van der Waals surface area contributed by atoms with E-state index < -0.39 is 5.97 Å². The number of carbonyl (C=O) groups is 1. The molecule has 3 rings (SSSR count). The van der Waals surface area contributed by atoms with E-state index in [1.54, 1.807) is 0 Å². The fourth-order valence-electron chi connectivity index (χ4n) is 2.54. The first-order valence-electron chi connectivity index (χ1n) is 7.79. The molecule has 0 aliphatic heterocycles. The molecule has 3 aromatic rings. The predicted molar refractivity (Wildman–Crippen MR) is 95.7 cm³/mol. The third-order valence-electron chi connectivity index (χ3n) is 3.74. The highest BCUT2D eigenvalue weighted by molar-refractivity contribution is 7.09. The van der Waals surface area contributed by atoms with Gasteiger partial charge in [0.05, 0.1) is 11.5 Å². The van der Waals surface area contributed by atoms with E-state index >= 15 is 0 Å². The monoisotopic (exact) mass is 359 g/mol. The van der Waals surface area contributed by atoms with Crippen LogP contribution in [0.2, 0.25) is 0 Å². The quantitative estimate of drug-likeness (QED) is 0.563. The van der Waals surface area contributed by atoms with Gasteiger partial charge in [-0.3, -0.25) is 14.6 Å². The van der Waals surface area contributed by atoms with Crippen molar-refractivity contribution in [1.82, 2.24) is 4.98 Å². The summed E-state index contributed by atoms with van der Waals surface area (Å²) in [4.78, 5) is 24.5. The Balaban J connectivity index is 1.71. The molecule has 25 heavy (non-hydrogen) atoms. The van der Waals surface area contributed by atoms with Gasteiger partial charge in [-0.15, -0.1) is 0 Å². The second-order valence-electron chi connectivity index (χ2n) is 5.65. The van der Waals surface area contributed by atoms with E-state index in [2.05, 4.69) is 4.98 Å². The highest BCUT2D eigenvalue weighted by atomic mass is 32.1. The van der Waals surface area contributed by atoms with Crippen molar-refractivity contribution < 1.29 is 19.7 Å². The van der Waals surface area contributed by atoms with Crippen LogP contribution in [0.3, 0.4) is 0 Å². The number of ether oxygens (including phenoxy) is 1. The minimum atomic E-state index is -0.826. The first-order valence-corrected chi connectivity index (χ1v) is 8.61. The topological polar surface area (TPSA) is 99.6 Å². The van der Waals surface area contributed by atoms with Crippen molar-refractivity contribution in [2.75, 3.05) is 6.61 Å². The first-order chi connectivity index (χ1) is 12.0. The SMILES string of the molecule is O=C(O)CCCOc1ccc2cc(Cc3sc(=O)[nH]c3O)ccc2c1. The summed E-state index contributed by atoms with van der Waals surface area (Å²) in [6.45, 7) is 0.363. The van der Waals surface area contributed by atoms with Crippen molar-refractivity contribution in [2.24, 2.45) is 0 Å². The Morgan fingerprint density at radius 3 is 2.64 bits per heavy atom. The number of aromatic hydroxyl groups is 1. The van der Waals surface area contributed by atoms with Crippen molar-refractivity contribution in [1.29, 1.82) is 0 Å². The highest BCUT2D eigenvalue weighted by Crippen LogP contribution is 2.25. The Morgan fingerprint density at radius 2 is 1.92 bits per heavy atom. The molecule has 0 saturated carbocycles. The lowest BCUT2D eigenvalue weighted by atomic mass is 10.0. The molecule has 0 radical (unpaired) electrons. The standard InChI is InChI=1S/C18H17NO5S/c20-16(21)2-1-7-24-14-6-5-12-8-11(3-4-13(12)10-14)9-15-17(22)19-18(23)25-15/h3-6,8,10,22H,1-2,7,9H2,(H,19,23)(H,20,21). The van der Waals surface area contributed by atoms with E-state index in [1.807, 2.05) is 36.4 Å². The maximum atomic E-state index is 11.3. The minimum absolute atomic E-state index is 0.0693. The summed E-state index contributed by atoms with van der Waals surface area (Å²) >= 11 is 1.01. The average molecular weight is 359 g/mol. The molecule has 0 unspecified atom stereocenters. The summed E-state index contributed by atoms with van der Waals surface area (Å²) in [5.41, 5.74) is 0.994. The number of H-pyrrole nitrogens is 1. The number of nitrogens with one attached hydrogen (secondary N) is 1. The molecule has 2 aromatic carbocycles. The number of thiazole rings is 1. The van der Waals surface area contributed by atoms with Crippen molar-refractivity contribution in [3.8, 4) is 11.6 Å². The van der Waals surface area contributed by atoms with E-state index in [0.29, 0.717) is 30.1 Å². The Bertz CT molecular complexity index is 959. The van der Waals surface area contributed by atoms with Crippen molar-refractivity contribution in [3.05, 3.63) is 56.5 Å². The summed E-state index contributed by atoms with van der Waals surface area (Å²) in [6, 6.07) is 11.6. The Hall–Kier alpha value is -2.80. The molecule has 0 saturated heterocycles. The minimum Gasteiger partial charge on any atom is -0.494 e. The van der Waals surface area contributed by atoms with Gasteiger partial charge < -0.3 is 14.9 Å². The summed E-state index contributed by atoms with van der Waals surface area (Å²) in [5.74, 6) is -0.194. The fraction of sp³-hybridized carbons (Fsp3) is 0.222. The number of carboxylic acid groups (broad SMARTS) is 1. The number of hydrogen-bond donors (Lipinski definition) is 3. The summed E-state index contributed by atoms with van der Waals surface area (Å²) in [5, 5.41) is 20.3. The van der Waals surface area contributed by atoms with Crippen molar-refractivity contribution in [2.45, 2.75) is 19.3 Å². The smallest absolute Gasteiger partial charge is 0.307 e. The maximum Gasteiger partial charge on any atom is 0.307 e. The lowest BCUT2D eigenvalue weighted by molar-refractivity contribution is -0.137. The fourth-order valence-corrected chi connectivity index (χ4v) is 3.30. The number of fused-ring (bicyclic) bond motifs is 1. The predicted octanol–water partition coefficient (Wildman–Crippen LogP) is 3.13. The van der Waals surface area contributed by atoms with Gasteiger partial charge in [0.1, 0.15) is 5.75 Å². The first kappa shape index (κ1) is 17.0. The second-order valence-corrected chi connectivity index (χ2v) is 6.72. The van der Waals surface area contributed by atoms with Gasteiger partial charge in [-0.2, -0.15) is 0 Å². The number of carboxylic acids is 1. The number of rotatable bonds is 7. The lowest BCUT2D eigenvalue weighted by Gasteiger charge is -2.08. The van der Waals surface area contributed by atoms with Crippen LogP contribution in [0.25, 0.3) is 10.8 Å².